The Balaban J connectivity index is 1.58. The van der Waals surface area contributed by atoms with Crippen LogP contribution in [0.15, 0.2) is 76.2 Å². The van der Waals surface area contributed by atoms with E-state index in [-0.39, 0.29) is 23.6 Å². The van der Waals surface area contributed by atoms with Gasteiger partial charge < -0.3 is 23.7 Å². The highest BCUT2D eigenvalue weighted by atomic mass is 127. The molecule has 46 heavy (non-hydrogen) atoms. The second-order valence-corrected chi connectivity index (χ2v) is 12.1. The number of hydrogen-bond donors (Lipinski definition) is 0. The lowest BCUT2D eigenvalue weighted by Crippen LogP contribution is -2.39. The molecule has 0 spiro atoms. The van der Waals surface area contributed by atoms with Crippen LogP contribution in [0, 0.1) is 9.39 Å². The zero-order valence-corrected chi connectivity index (χ0v) is 28.6. The number of methoxy groups -OCH3 is 1. The minimum Gasteiger partial charge on any atom is -0.490 e. The molecule has 0 radical (unpaired) electrons. The van der Waals surface area contributed by atoms with Crippen molar-refractivity contribution in [1.29, 1.82) is 0 Å². The fraction of sp³-hybridized carbons (Fsp3) is 0.265. The van der Waals surface area contributed by atoms with E-state index >= 15 is 0 Å². The third-order valence-electron chi connectivity index (χ3n) is 6.97. The van der Waals surface area contributed by atoms with Gasteiger partial charge in [0.1, 0.15) is 12.4 Å². The number of rotatable bonds is 12. The van der Waals surface area contributed by atoms with Crippen molar-refractivity contribution in [3.63, 3.8) is 0 Å². The molecule has 4 aromatic rings. The second-order valence-electron chi connectivity index (χ2n) is 9.89. The number of aromatic nitrogens is 1. The second kappa shape index (κ2) is 14.9. The first kappa shape index (κ1) is 33.2. The van der Waals surface area contributed by atoms with Crippen LogP contribution in [-0.2, 0) is 16.1 Å². The lowest BCUT2D eigenvalue weighted by atomic mass is 9.97. The number of carbonyl (C=O) groups excluding carboxylic acids is 1. The topological polar surface area (TPSA) is 97.6 Å². The Bertz CT molecular complexity index is 1970. The number of ether oxygens (including phenoxy) is 5. The molecule has 240 valence electrons. The summed E-state index contributed by atoms with van der Waals surface area (Å²) in [6.07, 6.45) is 3.19. The van der Waals surface area contributed by atoms with Gasteiger partial charge in [-0.25, -0.2) is 14.2 Å². The van der Waals surface area contributed by atoms with Crippen molar-refractivity contribution in [2.24, 2.45) is 4.99 Å². The zero-order valence-electron chi connectivity index (χ0n) is 25.7. The summed E-state index contributed by atoms with van der Waals surface area (Å²) in [5.74, 6) is 1.05. The number of thiazole rings is 1. The fourth-order valence-corrected chi connectivity index (χ4v) is 6.73. The number of nitrogens with zero attached hydrogens (tertiary/aromatic N) is 2. The molecule has 0 saturated carbocycles. The zero-order chi connectivity index (χ0) is 32.8. The molecule has 0 saturated heterocycles. The summed E-state index contributed by atoms with van der Waals surface area (Å²) < 4.78 is 45.3. The average Bonchev–Trinajstić information content (AvgIpc) is 3.36. The van der Waals surface area contributed by atoms with Crippen LogP contribution >= 0.6 is 33.9 Å². The number of fused-ring (bicyclic) bond motifs is 1. The molecule has 3 aromatic carbocycles. The van der Waals surface area contributed by atoms with E-state index in [1.54, 1.807) is 48.5 Å². The molecule has 1 aliphatic rings. The molecule has 1 atom stereocenters. The van der Waals surface area contributed by atoms with Crippen LogP contribution in [0.3, 0.4) is 0 Å². The van der Waals surface area contributed by atoms with Crippen molar-refractivity contribution in [2.75, 3.05) is 26.9 Å². The molecule has 0 bridgehead atoms. The van der Waals surface area contributed by atoms with E-state index in [0.29, 0.717) is 68.8 Å². The first-order chi connectivity index (χ1) is 22.3. The van der Waals surface area contributed by atoms with Gasteiger partial charge in [-0.05, 0) is 90.9 Å². The van der Waals surface area contributed by atoms with Gasteiger partial charge in [0.05, 0.1) is 46.6 Å². The summed E-state index contributed by atoms with van der Waals surface area (Å²) >= 11 is 3.33. The number of halogens is 2. The van der Waals surface area contributed by atoms with Gasteiger partial charge >= 0.3 is 5.97 Å². The van der Waals surface area contributed by atoms with E-state index in [9.17, 15) is 14.0 Å². The normalized spacial score (nSPS) is 14.2. The van der Waals surface area contributed by atoms with Crippen molar-refractivity contribution in [1.82, 2.24) is 4.57 Å². The van der Waals surface area contributed by atoms with Crippen LogP contribution in [0.5, 0.6) is 23.0 Å². The van der Waals surface area contributed by atoms with Crippen LogP contribution in [0.2, 0.25) is 0 Å². The minimum absolute atomic E-state index is 0.0276. The van der Waals surface area contributed by atoms with Gasteiger partial charge in [-0.2, -0.15) is 0 Å². The summed E-state index contributed by atoms with van der Waals surface area (Å²) in [6.45, 7) is 6.86. The van der Waals surface area contributed by atoms with E-state index < -0.39 is 12.0 Å². The van der Waals surface area contributed by atoms with Crippen LogP contribution in [0.1, 0.15) is 43.5 Å². The summed E-state index contributed by atoms with van der Waals surface area (Å²) in [6, 6.07) is 14.6. The Morgan fingerprint density at radius 2 is 1.70 bits per heavy atom. The molecule has 0 aliphatic carbocycles. The Morgan fingerprint density at radius 1 is 0.978 bits per heavy atom. The molecular formula is C34H32FIN2O7S. The summed E-state index contributed by atoms with van der Waals surface area (Å²) in [4.78, 5) is 31.8. The Labute approximate surface area is 282 Å². The predicted octanol–water partition coefficient (Wildman–Crippen LogP) is 5.54. The highest BCUT2D eigenvalue weighted by Gasteiger charge is 2.31. The fourth-order valence-electron chi connectivity index (χ4n) is 4.98. The smallest absolute Gasteiger partial charge is 0.337 e. The number of esters is 1. The first-order valence-electron chi connectivity index (χ1n) is 14.6. The number of benzene rings is 3. The maximum absolute atomic E-state index is 14.2. The lowest BCUT2D eigenvalue weighted by molar-refractivity contribution is -0.136. The molecule has 0 unspecified atom stereocenters. The van der Waals surface area contributed by atoms with Gasteiger partial charge in [0.15, 0.2) is 27.8 Å². The molecule has 5 rings (SSSR count). The molecular weight excluding hydrogens is 726 g/mol. The molecule has 0 fully saturated rings. The molecule has 1 aliphatic heterocycles. The standard InChI is InChI=1S/C34H32FIN2O7S/c1-5-42-26-13-12-21(17-27(26)43-6-2)30-23(33(40)41-4)18-37-34-38(30)32(39)29(46-34)16-20-14-25(36)31(28(15-20)44-7-3)45-19-22-10-8-9-11-24(22)35/h8-18,30H,5-7,19H2,1-4H3/b29-16-/t30-/m0/s1. The molecule has 2 heterocycles. The SMILES string of the molecule is CCOc1ccc([C@H]2C(C(=O)OC)=CN=c3s/c(=C\c4cc(I)c(OCc5ccccc5F)c(OCC)c4)c(=O)n32)cc1OCC. The maximum atomic E-state index is 14.2. The highest BCUT2D eigenvalue weighted by Crippen LogP contribution is 2.36. The molecule has 1 aromatic heterocycles. The monoisotopic (exact) mass is 758 g/mol. The van der Waals surface area contributed by atoms with Crippen molar-refractivity contribution in [3.05, 3.63) is 112 Å². The van der Waals surface area contributed by atoms with E-state index in [1.807, 2.05) is 26.8 Å². The molecule has 0 amide bonds. The van der Waals surface area contributed by atoms with Crippen LogP contribution < -0.4 is 33.8 Å². The summed E-state index contributed by atoms with van der Waals surface area (Å²) in [5.41, 5.74) is 1.63. The van der Waals surface area contributed by atoms with Crippen LogP contribution in [-0.4, -0.2) is 37.5 Å². The molecule has 9 nitrogen and oxygen atoms in total. The predicted molar refractivity (Wildman–Crippen MR) is 181 cm³/mol. The third kappa shape index (κ3) is 6.97. The molecule has 12 heteroatoms. The van der Waals surface area contributed by atoms with Gasteiger partial charge in [-0.1, -0.05) is 35.6 Å². The molecule has 0 N–H and O–H groups in total. The van der Waals surface area contributed by atoms with Gasteiger partial charge in [0.2, 0.25) is 0 Å². The number of hydrogen-bond acceptors (Lipinski definition) is 9. The van der Waals surface area contributed by atoms with Gasteiger partial charge in [0.25, 0.3) is 5.56 Å². The van der Waals surface area contributed by atoms with E-state index in [0.717, 1.165) is 3.57 Å². The largest absolute Gasteiger partial charge is 0.490 e. The average molecular weight is 759 g/mol. The maximum Gasteiger partial charge on any atom is 0.337 e. The van der Waals surface area contributed by atoms with E-state index in [2.05, 4.69) is 27.6 Å². The van der Waals surface area contributed by atoms with Gasteiger partial charge in [-0.3, -0.25) is 9.36 Å². The van der Waals surface area contributed by atoms with E-state index in [1.165, 1.54) is 35.3 Å². The van der Waals surface area contributed by atoms with Gasteiger partial charge in [-0.15, -0.1) is 0 Å². The summed E-state index contributed by atoms with van der Waals surface area (Å²) in [7, 11) is 1.29. The highest BCUT2D eigenvalue weighted by molar-refractivity contribution is 14.1. The van der Waals surface area contributed by atoms with Crippen LogP contribution in [0.4, 0.5) is 4.39 Å². The quantitative estimate of drug-likeness (QED) is 0.138. The van der Waals surface area contributed by atoms with E-state index in [4.69, 9.17) is 23.7 Å². The van der Waals surface area contributed by atoms with Crippen molar-refractivity contribution in [2.45, 2.75) is 33.4 Å². The first-order valence-corrected chi connectivity index (χ1v) is 16.5. The lowest BCUT2D eigenvalue weighted by Gasteiger charge is -2.23. The Morgan fingerprint density at radius 3 is 2.41 bits per heavy atom. The number of carbonyl (C=O) groups is 1. The van der Waals surface area contributed by atoms with Crippen LogP contribution in [0.25, 0.3) is 6.08 Å². The summed E-state index contributed by atoms with van der Waals surface area (Å²) in [5, 5.41) is 0. The van der Waals surface area contributed by atoms with Crippen molar-refractivity contribution >= 4 is 46.0 Å². The Kier molecular flexibility index (Phi) is 10.8. The minimum atomic E-state index is -0.811. The van der Waals surface area contributed by atoms with Crippen molar-refractivity contribution < 1.29 is 32.9 Å². The third-order valence-corrected chi connectivity index (χ3v) is 8.77. The van der Waals surface area contributed by atoms with Crippen molar-refractivity contribution in [3.8, 4) is 23.0 Å². The van der Waals surface area contributed by atoms with Gasteiger partial charge in [0, 0.05) is 11.8 Å². The Hall–Kier alpha value is -4.17.